The largest absolute Gasteiger partial charge is 0.361 e. The molecule has 0 amide bonds. The zero-order chi connectivity index (χ0) is 13.2. The van der Waals surface area contributed by atoms with Gasteiger partial charge >= 0.3 is 0 Å². The van der Waals surface area contributed by atoms with E-state index in [9.17, 15) is 0 Å². The van der Waals surface area contributed by atoms with Crippen molar-refractivity contribution >= 4 is 10.9 Å². The fourth-order valence-electron chi connectivity index (χ4n) is 3.88. The molecule has 2 heteroatoms. The first kappa shape index (κ1) is 12.7. The molecule has 2 aromatic rings. The van der Waals surface area contributed by atoms with Gasteiger partial charge in [-0.05, 0) is 36.4 Å². The molecule has 1 heterocycles. The maximum Gasteiger partial charge on any atom is 0.0456 e. The Morgan fingerprint density at radius 1 is 1.26 bits per heavy atom. The van der Waals surface area contributed by atoms with Gasteiger partial charge in [-0.15, -0.1) is 0 Å². The summed E-state index contributed by atoms with van der Waals surface area (Å²) in [6, 6.07) is 8.58. The first-order chi connectivity index (χ1) is 9.31. The number of nitrogens with two attached hydrogens (primary N) is 1. The van der Waals surface area contributed by atoms with Crippen LogP contribution in [0.5, 0.6) is 0 Å². The zero-order valence-electron chi connectivity index (χ0n) is 11.7. The van der Waals surface area contributed by atoms with Gasteiger partial charge in [0.2, 0.25) is 0 Å². The Labute approximate surface area is 115 Å². The van der Waals surface area contributed by atoms with Crippen molar-refractivity contribution in [2.75, 3.05) is 6.54 Å². The average molecular weight is 256 g/mol. The van der Waals surface area contributed by atoms with Crippen molar-refractivity contribution in [1.82, 2.24) is 4.98 Å². The molecule has 1 aromatic carbocycles. The molecular formula is C17H24N2. The molecule has 1 saturated carbocycles. The van der Waals surface area contributed by atoms with Gasteiger partial charge in [0, 0.05) is 23.0 Å². The Kier molecular flexibility index (Phi) is 3.61. The minimum atomic E-state index is 0.506. The summed E-state index contributed by atoms with van der Waals surface area (Å²) in [6.07, 6.45) is 7.65. The van der Waals surface area contributed by atoms with Crippen LogP contribution in [0.1, 0.15) is 44.1 Å². The van der Waals surface area contributed by atoms with Crippen molar-refractivity contribution in [2.45, 2.75) is 38.5 Å². The number of aromatic amines is 1. The van der Waals surface area contributed by atoms with Gasteiger partial charge in [0.05, 0.1) is 0 Å². The van der Waals surface area contributed by atoms with Crippen LogP contribution in [0.2, 0.25) is 0 Å². The predicted molar refractivity (Wildman–Crippen MR) is 81.2 cm³/mol. The molecule has 1 fully saturated rings. The first-order valence-corrected chi connectivity index (χ1v) is 7.57. The third kappa shape index (κ3) is 2.30. The predicted octanol–water partition coefficient (Wildman–Crippen LogP) is 4.04. The first-order valence-electron chi connectivity index (χ1n) is 7.57. The lowest BCUT2D eigenvalue weighted by atomic mass is 9.71. The van der Waals surface area contributed by atoms with E-state index in [1.165, 1.54) is 42.1 Å². The molecule has 1 aliphatic carbocycles. The molecule has 0 aliphatic heterocycles. The van der Waals surface area contributed by atoms with Crippen molar-refractivity contribution < 1.29 is 0 Å². The molecule has 0 bridgehead atoms. The molecule has 3 unspecified atom stereocenters. The lowest BCUT2D eigenvalue weighted by Gasteiger charge is -2.35. The van der Waals surface area contributed by atoms with Crippen LogP contribution in [0.4, 0.5) is 0 Å². The molecular weight excluding hydrogens is 232 g/mol. The van der Waals surface area contributed by atoms with Gasteiger partial charge in [0.25, 0.3) is 0 Å². The molecule has 3 rings (SSSR count). The van der Waals surface area contributed by atoms with Crippen molar-refractivity contribution in [1.29, 1.82) is 0 Å². The number of hydrogen-bond acceptors (Lipinski definition) is 1. The van der Waals surface area contributed by atoms with Crippen LogP contribution < -0.4 is 5.73 Å². The Morgan fingerprint density at radius 2 is 2.05 bits per heavy atom. The van der Waals surface area contributed by atoms with E-state index >= 15 is 0 Å². The summed E-state index contributed by atoms with van der Waals surface area (Å²) < 4.78 is 0. The van der Waals surface area contributed by atoms with Gasteiger partial charge in [-0.3, -0.25) is 0 Å². The number of para-hydroxylation sites is 1. The molecule has 0 saturated heterocycles. The number of H-pyrrole nitrogens is 1. The molecule has 0 spiro atoms. The maximum absolute atomic E-state index is 6.13. The third-order valence-electron chi connectivity index (χ3n) is 4.97. The molecule has 2 nitrogen and oxygen atoms in total. The van der Waals surface area contributed by atoms with Gasteiger partial charge in [-0.2, -0.15) is 0 Å². The van der Waals surface area contributed by atoms with Gasteiger partial charge in [0.1, 0.15) is 0 Å². The highest BCUT2D eigenvalue weighted by Crippen LogP contribution is 2.41. The fourth-order valence-corrected chi connectivity index (χ4v) is 3.88. The maximum atomic E-state index is 6.13. The number of aromatic nitrogens is 1. The lowest BCUT2D eigenvalue weighted by molar-refractivity contribution is 0.219. The van der Waals surface area contributed by atoms with Gasteiger partial charge < -0.3 is 10.7 Å². The fraction of sp³-hybridized carbons (Fsp3) is 0.529. The number of benzene rings is 1. The Balaban J connectivity index is 1.97. The second kappa shape index (κ2) is 5.38. The topological polar surface area (TPSA) is 41.8 Å². The Morgan fingerprint density at radius 3 is 2.84 bits per heavy atom. The van der Waals surface area contributed by atoms with E-state index in [0.717, 1.165) is 18.4 Å². The number of fused-ring (bicyclic) bond motifs is 1. The summed E-state index contributed by atoms with van der Waals surface area (Å²) >= 11 is 0. The summed E-state index contributed by atoms with van der Waals surface area (Å²) in [4.78, 5) is 3.40. The van der Waals surface area contributed by atoms with Crippen molar-refractivity contribution in [3.63, 3.8) is 0 Å². The van der Waals surface area contributed by atoms with E-state index < -0.39 is 0 Å². The van der Waals surface area contributed by atoms with E-state index in [1.54, 1.807) is 0 Å². The van der Waals surface area contributed by atoms with E-state index in [4.69, 9.17) is 5.73 Å². The quantitative estimate of drug-likeness (QED) is 0.855. The summed E-state index contributed by atoms with van der Waals surface area (Å²) in [7, 11) is 0. The zero-order valence-corrected chi connectivity index (χ0v) is 11.7. The van der Waals surface area contributed by atoms with Gasteiger partial charge in [-0.1, -0.05) is 44.4 Å². The molecule has 3 N–H and O–H groups in total. The van der Waals surface area contributed by atoms with Crippen molar-refractivity contribution in [3.8, 4) is 0 Å². The Bertz CT molecular complexity index is 543. The SMILES string of the molecule is CC1CCCCC1C(CN)c1c[nH]c2ccccc12. The molecule has 0 radical (unpaired) electrons. The van der Waals surface area contributed by atoms with Crippen LogP contribution in [0.3, 0.4) is 0 Å². The van der Waals surface area contributed by atoms with E-state index in [1.807, 2.05) is 0 Å². The van der Waals surface area contributed by atoms with E-state index in [-0.39, 0.29) is 0 Å². The van der Waals surface area contributed by atoms with Crippen LogP contribution >= 0.6 is 0 Å². The number of rotatable bonds is 3. The van der Waals surface area contributed by atoms with Crippen LogP contribution in [0, 0.1) is 11.8 Å². The third-order valence-corrected chi connectivity index (χ3v) is 4.97. The normalized spacial score (nSPS) is 25.6. The minimum absolute atomic E-state index is 0.506. The summed E-state index contributed by atoms with van der Waals surface area (Å²) in [5.41, 5.74) is 8.80. The van der Waals surface area contributed by atoms with Crippen LogP contribution in [-0.2, 0) is 0 Å². The standard InChI is InChI=1S/C17H24N2/c1-12-6-2-3-7-13(12)15(10-18)16-11-19-17-9-5-4-8-14(16)17/h4-5,8-9,11-13,15,19H,2-3,6-7,10,18H2,1H3. The Hall–Kier alpha value is -1.28. The monoisotopic (exact) mass is 256 g/mol. The highest BCUT2D eigenvalue weighted by molar-refractivity contribution is 5.83. The summed E-state index contributed by atoms with van der Waals surface area (Å²) in [5, 5.41) is 1.36. The second-order valence-electron chi connectivity index (χ2n) is 6.06. The highest BCUT2D eigenvalue weighted by Gasteiger charge is 2.30. The number of hydrogen-bond donors (Lipinski definition) is 2. The van der Waals surface area contributed by atoms with Crippen LogP contribution in [-0.4, -0.2) is 11.5 Å². The van der Waals surface area contributed by atoms with Gasteiger partial charge in [0.15, 0.2) is 0 Å². The minimum Gasteiger partial charge on any atom is -0.361 e. The molecule has 1 aliphatic rings. The average Bonchev–Trinajstić information content (AvgIpc) is 2.86. The molecule has 1 aromatic heterocycles. The van der Waals surface area contributed by atoms with Crippen LogP contribution in [0.25, 0.3) is 10.9 Å². The summed E-state index contributed by atoms with van der Waals surface area (Å²) in [5.74, 6) is 2.06. The molecule has 3 atom stereocenters. The van der Waals surface area contributed by atoms with E-state index in [0.29, 0.717) is 5.92 Å². The lowest BCUT2D eigenvalue weighted by Crippen LogP contribution is -2.28. The molecule has 102 valence electrons. The number of nitrogens with one attached hydrogen (secondary N) is 1. The molecule has 19 heavy (non-hydrogen) atoms. The van der Waals surface area contributed by atoms with E-state index in [2.05, 4.69) is 42.4 Å². The summed E-state index contributed by atoms with van der Waals surface area (Å²) in [6.45, 7) is 3.16. The highest BCUT2D eigenvalue weighted by atomic mass is 14.7. The smallest absolute Gasteiger partial charge is 0.0456 e. The van der Waals surface area contributed by atoms with Crippen molar-refractivity contribution in [3.05, 3.63) is 36.0 Å². The van der Waals surface area contributed by atoms with Crippen molar-refractivity contribution in [2.24, 2.45) is 17.6 Å². The van der Waals surface area contributed by atoms with Gasteiger partial charge in [-0.25, -0.2) is 0 Å². The van der Waals surface area contributed by atoms with Crippen LogP contribution in [0.15, 0.2) is 30.5 Å². The second-order valence-corrected chi connectivity index (χ2v) is 6.06.